The summed E-state index contributed by atoms with van der Waals surface area (Å²) in [6.07, 6.45) is 1.90. The third-order valence-corrected chi connectivity index (χ3v) is 3.76. The van der Waals surface area contributed by atoms with Crippen LogP contribution in [-0.2, 0) is 9.59 Å². The van der Waals surface area contributed by atoms with Crippen LogP contribution in [0.3, 0.4) is 0 Å². The highest BCUT2D eigenvalue weighted by molar-refractivity contribution is 6.31. The summed E-state index contributed by atoms with van der Waals surface area (Å²) in [6.45, 7) is 2.71. The Morgan fingerprint density at radius 1 is 1.00 bits per heavy atom. The Balaban J connectivity index is 2.53. The van der Waals surface area contributed by atoms with E-state index >= 15 is 0 Å². The molecule has 122 valence electrons. The average Bonchev–Trinajstić information content (AvgIpc) is 2.58. The van der Waals surface area contributed by atoms with Gasteiger partial charge in [0, 0.05) is 20.6 Å². The minimum absolute atomic E-state index is 0.00287. The number of carbonyl (C=O) groups is 3. The van der Waals surface area contributed by atoms with E-state index in [4.69, 9.17) is 0 Å². The quantitative estimate of drug-likeness (QED) is 0.511. The largest absolute Gasteiger partial charge is 0.384 e. The molecule has 0 unspecified atom stereocenters. The Bertz CT molecular complexity index is 626. The number of carbonyl (C=O) groups excluding carboxylic acids is 3. The van der Waals surface area contributed by atoms with Gasteiger partial charge in [-0.3, -0.25) is 19.4 Å². The van der Waals surface area contributed by atoms with Gasteiger partial charge in [-0.05, 0) is 12.0 Å². The maximum absolute atomic E-state index is 12.5. The Hall–Kier alpha value is -2.63. The molecule has 0 radical (unpaired) electrons. The molecule has 1 aromatic carbocycles. The molecule has 1 saturated heterocycles. The first-order valence-electron chi connectivity index (χ1n) is 7.62. The van der Waals surface area contributed by atoms with Crippen molar-refractivity contribution in [3.63, 3.8) is 0 Å². The number of likely N-dealkylation sites (N-methyl/N-ethyl adjacent to an activating group) is 2. The Morgan fingerprint density at radius 3 is 2.09 bits per heavy atom. The van der Waals surface area contributed by atoms with Crippen LogP contribution in [0.1, 0.15) is 25.3 Å². The molecule has 1 aromatic rings. The topological polar surface area (TPSA) is 69.7 Å². The lowest BCUT2D eigenvalue weighted by molar-refractivity contribution is -0.134. The number of benzene rings is 1. The van der Waals surface area contributed by atoms with Crippen LogP contribution >= 0.6 is 0 Å². The van der Waals surface area contributed by atoms with E-state index in [1.165, 1.54) is 14.1 Å². The Morgan fingerprint density at radius 2 is 1.57 bits per heavy atom. The van der Waals surface area contributed by atoms with Crippen LogP contribution in [0, 0.1) is 0 Å². The molecule has 4 amide bonds. The SMILES string of the molecule is CCCCNC(=C1C(=O)N(C)C(=O)N(C)C1=O)c1ccccc1. The van der Waals surface area contributed by atoms with Gasteiger partial charge in [-0.1, -0.05) is 43.7 Å². The zero-order chi connectivity index (χ0) is 17.0. The molecular weight excluding hydrogens is 294 g/mol. The van der Waals surface area contributed by atoms with Crippen molar-refractivity contribution in [2.45, 2.75) is 19.8 Å². The predicted octanol–water partition coefficient (Wildman–Crippen LogP) is 1.84. The summed E-state index contributed by atoms with van der Waals surface area (Å²) in [5.74, 6) is -1.16. The first kappa shape index (κ1) is 16.7. The number of urea groups is 1. The molecule has 0 aromatic heterocycles. The van der Waals surface area contributed by atoms with E-state index in [2.05, 4.69) is 12.2 Å². The van der Waals surface area contributed by atoms with Gasteiger partial charge in [-0.25, -0.2) is 4.79 Å². The second-order valence-corrected chi connectivity index (χ2v) is 5.41. The summed E-state index contributed by atoms with van der Waals surface area (Å²) < 4.78 is 0. The molecular formula is C17H21N3O3. The van der Waals surface area contributed by atoms with Crippen LogP contribution in [0.4, 0.5) is 4.79 Å². The molecule has 1 aliphatic heterocycles. The zero-order valence-electron chi connectivity index (χ0n) is 13.6. The van der Waals surface area contributed by atoms with Crippen molar-refractivity contribution >= 4 is 23.5 Å². The molecule has 1 aliphatic rings. The van der Waals surface area contributed by atoms with Crippen molar-refractivity contribution in [3.05, 3.63) is 41.5 Å². The third-order valence-electron chi connectivity index (χ3n) is 3.76. The maximum atomic E-state index is 12.5. The van der Waals surface area contributed by atoms with Crippen LogP contribution in [0.5, 0.6) is 0 Å². The fraction of sp³-hybridized carbons (Fsp3) is 0.353. The second-order valence-electron chi connectivity index (χ2n) is 5.41. The van der Waals surface area contributed by atoms with Gasteiger partial charge in [0.15, 0.2) is 0 Å². The molecule has 0 aliphatic carbocycles. The molecule has 1 N–H and O–H groups in total. The van der Waals surface area contributed by atoms with Crippen molar-refractivity contribution < 1.29 is 14.4 Å². The van der Waals surface area contributed by atoms with Crippen molar-refractivity contribution in [2.24, 2.45) is 0 Å². The first-order valence-corrected chi connectivity index (χ1v) is 7.62. The van der Waals surface area contributed by atoms with E-state index in [0.29, 0.717) is 12.2 Å². The zero-order valence-corrected chi connectivity index (χ0v) is 13.6. The van der Waals surface area contributed by atoms with E-state index < -0.39 is 17.8 Å². The van der Waals surface area contributed by atoms with E-state index in [9.17, 15) is 14.4 Å². The van der Waals surface area contributed by atoms with Gasteiger partial charge < -0.3 is 5.32 Å². The molecule has 6 nitrogen and oxygen atoms in total. The summed E-state index contributed by atoms with van der Waals surface area (Å²) in [5.41, 5.74) is 1.22. The van der Waals surface area contributed by atoms with Gasteiger partial charge in [0.25, 0.3) is 11.8 Å². The highest BCUT2D eigenvalue weighted by atomic mass is 16.2. The predicted molar refractivity (Wildman–Crippen MR) is 87.2 cm³/mol. The molecule has 2 rings (SSSR count). The van der Waals surface area contributed by atoms with Gasteiger partial charge in [-0.2, -0.15) is 0 Å². The number of unbranched alkanes of at least 4 members (excludes halogenated alkanes) is 1. The molecule has 6 heteroatoms. The lowest BCUT2D eigenvalue weighted by Gasteiger charge is -2.30. The number of nitrogens with one attached hydrogen (secondary N) is 1. The monoisotopic (exact) mass is 315 g/mol. The summed E-state index contributed by atoms with van der Waals surface area (Å²) in [7, 11) is 2.75. The van der Waals surface area contributed by atoms with E-state index in [-0.39, 0.29) is 5.57 Å². The van der Waals surface area contributed by atoms with E-state index in [1.54, 1.807) is 0 Å². The molecule has 1 heterocycles. The van der Waals surface area contributed by atoms with Crippen molar-refractivity contribution in [3.8, 4) is 0 Å². The van der Waals surface area contributed by atoms with Gasteiger partial charge in [0.1, 0.15) is 5.57 Å². The third kappa shape index (κ3) is 3.26. The maximum Gasteiger partial charge on any atom is 0.333 e. The van der Waals surface area contributed by atoms with Gasteiger partial charge in [0.05, 0.1) is 5.70 Å². The lowest BCUT2D eigenvalue weighted by atomic mass is 10.0. The van der Waals surface area contributed by atoms with E-state index in [0.717, 1.165) is 28.2 Å². The number of rotatable bonds is 5. The summed E-state index contributed by atoms with van der Waals surface area (Å²) in [6, 6.07) is 8.59. The second kappa shape index (κ2) is 7.09. The summed E-state index contributed by atoms with van der Waals surface area (Å²) in [4.78, 5) is 38.8. The van der Waals surface area contributed by atoms with Crippen molar-refractivity contribution in [1.29, 1.82) is 0 Å². The molecule has 0 spiro atoms. The number of hydrogen-bond acceptors (Lipinski definition) is 4. The normalized spacial score (nSPS) is 15.3. The van der Waals surface area contributed by atoms with Crippen LogP contribution in [0.25, 0.3) is 5.70 Å². The average molecular weight is 315 g/mol. The number of barbiturate groups is 1. The molecule has 0 bridgehead atoms. The summed E-state index contributed by atoms with van der Waals surface area (Å²) >= 11 is 0. The van der Waals surface area contributed by atoms with Crippen LogP contribution in [0.15, 0.2) is 35.9 Å². The molecule has 0 saturated carbocycles. The minimum Gasteiger partial charge on any atom is -0.384 e. The molecule has 1 fully saturated rings. The lowest BCUT2D eigenvalue weighted by Crippen LogP contribution is -2.53. The first-order chi connectivity index (χ1) is 11.0. The van der Waals surface area contributed by atoms with Gasteiger partial charge in [-0.15, -0.1) is 0 Å². The minimum atomic E-state index is -0.621. The standard InChI is InChI=1S/C17H21N3O3/c1-4-5-11-18-14(12-9-7-6-8-10-12)13-15(21)19(2)17(23)20(3)16(13)22/h6-10,18H,4-5,11H2,1-3H3. The van der Waals surface area contributed by atoms with Crippen molar-refractivity contribution in [1.82, 2.24) is 15.1 Å². The summed E-state index contributed by atoms with van der Waals surface area (Å²) in [5, 5.41) is 3.20. The Kier molecular flexibility index (Phi) is 5.16. The van der Waals surface area contributed by atoms with Crippen molar-refractivity contribution in [2.75, 3.05) is 20.6 Å². The highest BCUT2D eigenvalue weighted by Crippen LogP contribution is 2.23. The van der Waals surface area contributed by atoms with Gasteiger partial charge >= 0.3 is 6.03 Å². The smallest absolute Gasteiger partial charge is 0.333 e. The fourth-order valence-electron chi connectivity index (χ4n) is 2.37. The number of nitrogens with zero attached hydrogens (tertiary/aromatic N) is 2. The Labute approximate surface area is 135 Å². The van der Waals surface area contributed by atoms with Crippen LogP contribution in [-0.4, -0.2) is 48.3 Å². The molecule has 23 heavy (non-hydrogen) atoms. The van der Waals surface area contributed by atoms with Gasteiger partial charge in [0.2, 0.25) is 0 Å². The molecule has 0 atom stereocenters. The fourth-order valence-corrected chi connectivity index (χ4v) is 2.37. The van der Waals surface area contributed by atoms with E-state index in [1.807, 2.05) is 30.3 Å². The highest BCUT2D eigenvalue weighted by Gasteiger charge is 2.40. The number of imide groups is 2. The number of hydrogen-bond donors (Lipinski definition) is 1. The van der Waals surface area contributed by atoms with Crippen LogP contribution in [0.2, 0.25) is 0 Å². The van der Waals surface area contributed by atoms with Crippen LogP contribution < -0.4 is 5.32 Å². The number of amides is 4.